The summed E-state index contributed by atoms with van der Waals surface area (Å²) >= 11 is 0. The summed E-state index contributed by atoms with van der Waals surface area (Å²) in [7, 11) is 0. The molecule has 1 aliphatic rings. The first-order valence-electron chi connectivity index (χ1n) is 5.70. The van der Waals surface area contributed by atoms with Crippen LogP contribution >= 0.6 is 0 Å². The summed E-state index contributed by atoms with van der Waals surface area (Å²) in [6.07, 6.45) is -1.07. The molecule has 1 saturated heterocycles. The van der Waals surface area contributed by atoms with Gasteiger partial charge in [0.1, 0.15) is 0 Å². The first kappa shape index (κ1) is 13.3. The molecule has 0 amide bonds. The van der Waals surface area contributed by atoms with E-state index in [-0.39, 0.29) is 13.0 Å². The largest absolute Gasteiger partial charge is 0.393 e. The van der Waals surface area contributed by atoms with E-state index in [1.54, 1.807) is 0 Å². The van der Waals surface area contributed by atoms with Crippen LogP contribution in [0.25, 0.3) is 0 Å². The Hall–Kier alpha value is -0.760. The minimum absolute atomic E-state index is 0.135. The summed E-state index contributed by atoms with van der Waals surface area (Å²) in [6.45, 7) is 1.59. The molecule has 0 N–H and O–H groups in total. The molecule has 0 saturated carbocycles. The van der Waals surface area contributed by atoms with Crippen molar-refractivity contribution in [3.05, 3.63) is 0 Å². The van der Waals surface area contributed by atoms with Crippen LogP contribution in [0.15, 0.2) is 0 Å². The lowest BCUT2D eigenvalue weighted by Crippen LogP contribution is -2.42. The van der Waals surface area contributed by atoms with Crippen molar-refractivity contribution in [2.75, 3.05) is 19.6 Å². The molecule has 1 fully saturated rings. The molecule has 1 rings (SSSR count). The van der Waals surface area contributed by atoms with Gasteiger partial charge in [-0.2, -0.15) is 18.4 Å². The molecule has 0 bridgehead atoms. The summed E-state index contributed by atoms with van der Waals surface area (Å²) in [5, 5.41) is 8.34. The Labute approximate surface area is 94.0 Å². The Bertz CT molecular complexity index is 245. The second-order valence-corrected chi connectivity index (χ2v) is 4.30. The van der Waals surface area contributed by atoms with Gasteiger partial charge in [0, 0.05) is 13.0 Å². The zero-order valence-electron chi connectivity index (χ0n) is 9.26. The first-order chi connectivity index (χ1) is 7.54. The van der Waals surface area contributed by atoms with E-state index in [0.29, 0.717) is 19.4 Å². The lowest BCUT2D eigenvalue weighted by atomic mass is 9.97. The predicted octanol–water partition coefficient (Wildman–Crippen LogP) is 2.95. The van der Waals surface area contributed by atoms with Crippen molar-refractivity contribution >= 4 is 0 Å². The second-order valence-electron chi connectivity index (χ2n) is 4.30. The zero-order chi connectivity index (χ0) is 12.0. The van der Waals surface area contributed by atoms with Crippen molar-refractivity contribution in [3.8, 4) is 6.07 Å². The zero-order valence-corrected chi connectivity index (χ0v) is 9.26. The van der Waals surface area contributed by atoms with E-state index in [0.717, 1.165) is 19.4 Å². The number of likely N-dealkylation sites (tertiary alicyclic amines) is 1. The third-order valence-corrected chi connectivity index (χ3v) is 2.98. The van der Waals surface area contributed by atoms with E-state index in [4.69, 9.17) is 5.26 Å². The van der Waals surface area contributed by atoms with E-state index in [2.05, 4.69) is 0 Å². The maximum absolute atomic E-state index is 12.5. The Balaban J connectivity index is 2.26. The normalized spacial score (nSPS) is 23.0. The predicted molar refractivity (Wildman–Crippen MR) is 54.7 cm³/mol. The van der Waals surface area contributed by atoms with Gasteiger partial charge in [0.15, 0.2) is 0 Å². The number of hydrogen-bond acceptors (Lipinski definition) is 2. The van der Waals surface area contributed by atoms with Gasteiger partial charge in [-0.1, -0.05) is 0 Å². The van der Waals surface area contributed by atoms with Crippen molar-refractivity contribution in [1.82, 2.24) is 4.90 Å². The van der Waals surface area contributed by atoms with Gasteiger partial charge in [0.05, 0.1) is 12.0 Å². The summed E-state index contributed by atoms with van der Waals surface area (Å²) < 4.78 is 37.5. The van der Waals surface area contributed by atoms with Gasteiger partial charge >= 0.3 is 6.18 Å². The Morgan fingerprint density at radius 1 is 1.31 bits per heavy atom. The molecule has 0 aromatic carbocycles. The molecular weight excluding hydrogens is 217 g/mol. The minimum atomic E-state index is -4.05. The van der Waals surface area contributed by atoms with Crippen LogP contribution in [0.4, 0.5) is 13.2 Å². The van der Waals surface area contributed by atoms with Gasteiger partial charge in [0.25, 0.3) is 0 Å². The Morgan fingerprint density at radius 3 is 2.69 bits per heavy atom. The van der Waals surface area contributed by atoms with E-state index < -0.39 is 12.1 Å². The van der Waals surface area contributed by atoms with E-state index in [9.17, 15) is 13.2 Å². The number of unbranched alkanes of at least 4 members (excludes halogenated alkanes) is 2. The molecule has 1 unspecified atom stereocenters. The summed E-state index contributed by atoms with van der Waals surface area (Å²) in [5.41, 5.74) is 0. The molecule has 0 spiro atoms. The number of rotatable bonds is 4. The number of alkyl halides is 3. The van der Waals surface area contributed by atoms with Crippen LogP contribution in [-0.4, -0.2) is 30.7 Å². The third-order valence-electron chi connectivity index (χ3n) is 2.98. The van der Waals surface area contributed by atoms with Gasteiger partial charge in [-0.3, -0.25) is 0 Å². The average Bonchev–Trinajstić information content (AvgIpc) is 2.24. The van der Waals surface area contributed by atoms with Crippen LogP contribution in [-0.2, 0) is 0 Å². The van der Waals surface area contributed by atoms with Crippen LogP contribution in [0, 0.1) is 17.2 Å². The topological polar surface area (TPSA) is 27.0 Å². The number of nitrogens with zero attached hydrogens (tertiary/aromatic N) is 2. The summed E-state index contributed by atoms with van der Waals surface area (Å²) in [5.74, 6) is -1.16. The van der Waals surface area contributed by atoms with Gasteiger partial charge in [-0.25, -0.2) is 0 Å². The highest BCUT2D eigenvalue weighted by Crippen LogP contribution is 2.33. The monoisotopic (exact) mass is 234 g/mol. The molecule has 0 aromatic rings. The Kier molecular flexibility index (Phi) is 5.07. The molecule has 0 aromatic heterocycles. The quantitative estimate of drug-likeness (QED) is 0.699. The molecule has 5 heteroatoms. The highest BCUT2D eigenvalue weighted by Gasteiger charge is 2.41. The highest BCUT2D eigenvalue weighted by atomic mass is 19.4. The van der Waals surface area contributed by atoms with Gasteiger partial charge in [-0.15, -0.1) is 0 Å². The second kappa shape index (κ2) is 6.09. The Morgan fingerprint density at radius 2 is 2.06 bits per heavy atom. The van der Waals surface area contributed by atoms with Crippen LogP contribution in [0.5, 0.6) is 0 Å². The molecule has 0 radical (unpaired) electrons. The SMILES string of the molecule is N#CCCCCN1CCCC(C(F)(F)F)C1. The molecule has 0 aliphatic carbocycles. The van der Waals surface area contributed by atoms with Gasteiger partial charge in [-0.05, 0) is 38.8 Å². The van der Waals surface area contributed by atoms with Crippen LogP contribution in [0.2, 0.25) is 0 Å². The van der Waals surface area contributed by atoms with E-state index in [1.807, 2.05) is 11.0 Å². The first-order valence-corrected chi connectivity index (χ1v) is 5.70. The van der Waals surface area contributed by atoms with Crippen molar-refractivity contribution < 1.29 is 13.2 Å². The lowest BCUT2D eigenvalue weighted by Gasteiger charge is -2.33. The standard InChI is InChI=1S/C11H17F3N2/c12-11(13,14)10-5-4-8-16(9-10)7-3-1-2-6-15/h10H,1-5,7-9H2. The molecular formula is C11H17F3N2. The third kappa shape index (κ3) is 4.40. The average molecular weight is 234 g/mol. The molecule has 16 heavy (non-hydrogen) atoms. The van der Waals surface area contributed by atoms with Crippen LogP contribution in [0.1, 0.15) is 32.1 Å². The fourth-order valence-corrected chi connectivity index (χ4v) is 2.07. The van der Waals surface area contributed by atoms with Crippen LogP contribution in [0.3, 0.4) is 0 Å². The molecule has 1 heterocycles. The fraction of sp³-hybridized carbons (Fsp3) is 0.909. The van der Waals surface area contributed by atoms with Crippen LogP contribution < -0.4 is 0 Å². The molecule has 92 valence electrons. The summed E-state index contributed by atoms with van der Waals surface area (Å²) in [6, 6.07) is 2.04. The number of nitriles is 1. The maximum atomic E-state index is 12.5. The number of hydrogen-bond donors (Lipinski definition) is 0. The molecule has 1 atom stereocenters. The van der Waals surface area contributed by atoms with Gasteiger partial charge < -0.3 is 4.90 Å². The smallest absolute Gasteiger partial charge is 0.303 e. The lowest BCUT2D eigenvalue weighted by molar-refractivity contribution is -0.186. The number of piperidine rings is 1. The highest BCUT2D eigenvalue weighted by molar-refractivity contribution is 4.78. The minimum Gasteiger partial charge on any atom is -0.303 e. The van der Waals surface area contributed by atoms with Crippen molar-refractivity contribution in [2.45, 2.75) is 38.3 Å². The molecule has 2 nitrogen and oxygen atoms in total. The summed E-state index contributed by atoms with van der Waals surface area (Å²) in [4.78, 5) is 1.87. The van der Waals surface area contributed by atoms with Crippen molar-refractivity contribution in [2.24, 2.45) is 5.92 Å². The maximum Gasteiger partial charge on any atom is 0.393 e. The number of halogens is 3. The van der Waals surface area contributed by atoms with Crippen molar-refractivity contribution in [3.63, 3.8) is 0 Å². The van der Waals surface area contributed by atoms with E-state index in [1.165, 1.54) is 0 Å². The van der Waals surface area contributed by atoms with E-state index >= 15 is 0 Å². The van der Waals surface area contributed by atoms with Crippen molar-refractivity contribution in [1.29, 1.82) is 5.26 Å². The fourth-order valence-electron chi connectivity index (χ4n) is 2.07. The molecule has 1 aliphatic heterocycles. The van der Waals surface area contributed by atoms with Gasteiger partial charge in [0.2, 0.25) is 0 Å².